The molecular formula is C9H16N2O. The number of hydrogen-bond acceptors (Lipinski definition) is 3. The highest BCUT2D eigenvalue weighted by Crippen LogP contribution is 2.03. The van der Waals surface area contributed by atoms with Gasteiger partial charge in [0, 0.05) is 12.1 Å². The van der Waals surface area contributed by atoms with E-state index in [-0.39, 0.29) is 5.54 Å². The van der Waals surface area contributed by atoms with Gasteiger partial charge in [-0.1, -0.05) is 0 Å². The molecule has 0 fully saturated rings. The van der Waals surface area contributed by atoms with Gasteiger partial charge in [-0.3, -0.25) is 0 Å². The molecule has 0 amide bonds. The number of nitrogens with one attached hydrogen (secondary N) is 1. The van der Waals surface area contributed by atoms with Gasteiger partial charge >= 0.3 is 0 Å². The normalized spacial score (nSPS) is 11.9. The fraction of sp³-hybridized carbons (Fsp3) is 0.556. The van der Waals surface area contributed by atoms with Crippen molar-refractivity contribution in [2.24, 2.45) is 5.73 Å². The molecule has 0 bridgehead atoms. The van der Waals surface area contributed by atoms with Crippen LogP contribution in [0.15, 0.2) is 22.8 Å². The first-order valence-corrected chi connectivity index (χ1v) is 4.11. The number of nitrogens with two attached hydrogens (primary N) is 1. The van der Waals surface area contributed by atoms with Crippen LogP contribution in [0.1, 0.15) is 19.6 Å². The molecule has 68 valence electrons. The molecule has 0 aliphatic carbocycles. The summed E-state index contributed by atoms with van der Waals surface area (Å²) in [7, 11) is 0. The van der Waals surface area contributed by atoms with Crippen molar-refractivity contribution < 1.29 is 4.42 Å². The summed E-state index contributed by atoms with van der Waals surface area (Å²) in [5, 5.41) is 3.29. The third-order valence-electron chi connectivity index (χ3n) is 1.83. The van der Waals surface area contributed by atoms with Crippen LogP contribution in [0.5, 0.6) is 0 Å². The lowest BCUT2D eigenvalue weighted by atomic mass is 10.1. The highest BCUT2D eigenvalue weighted by molar-refractivity contribution is 4.98. The molecule has 0 aliphatic heterocycles. The van der Waals surface area contributed by atoms with E-state index >= 15 is 0 Å². The Morgan fingerprint density at radius 1 is 1.58 bits per heavy atom. The first-order chi connectivity index (χ1) is 5.64. The van der Waals surface area contributed by atoms with E-state index in [1.54, 1.807) is 6.26 Å². The van der Waals surface area contributed by atoms with Gasteiger partial charge in [-0.05, 0) is 26.0 Å². The van der Waals surface area contributed by atoms with Crippen molar-refractivity contribution in [1.82, 2.24) is 5.32 Å². The van der Waals surface area contributed by atoms with Gasteiger partial charge in [0.2, 0.25) is 0 Å². The quantitative estimate of drug-likeness (QED) is 0.708. The van der Waals surface area contributed by atoms with Crippen molar-refractivity contribution in [2.45, 2.75) is 25.9 Å². The average Bonchev–Trinajstić information content (AvgIpc) is 2.53. The van der Waals surface area contributed by atoms with Gasteiger partial charge in [0.1, 0.15) is 5.76 Å². The zero-order valence-electron chi connectivity index (χ0n) is 7.63. The maximum Gasteiger partial charge on any atom is 0.117 e. The molecule has 1 heterocycles. The summed E-state index contributed by atoms with van der Waals surface area (Å²) >= 11 is 0. The monoisotopic (exact) mass is 168 g/mol. The van der Waals surface area contributed by atoms with Crippen molar-refractivity contribution in [1.29, 1.82) is 0 Å². The lowest BCUT2D eigenvalue weighted by Gasteiger charge is -2.23. The van der Waals surface area contributed by atoms with Crippen LogP contribution in [0.4, 0.5) is 0 Å². The summed E-state index contributed by atoms with van der Waals surface area (Å²) < 4.78 is 5.17. The van der Waals surface area contributed by atoms with E-state index in [1.165, 1.54) is 0 Å². The molecule has 0 spiro atoms. The van der Waals surface area contributed by atoms with E-state index in [2.05, 4.69) is 19.2 Å². The SMILES string of the molecule is CC(C)(CN)NCc1ccco1. The molecule has 0 radical (unpaired) electrons. The third-order valence-corrected chi connectivity index (χ3v) is 1.83. The zero-order chi connectivity index (χ0) is 9.03. The summed E-state index contributed by atoms with van der Waals surface area (Å²) in [6, 6.07) is 3.83. The van der Waals surface area contributed by atoms with Gasteiger partial charge in [-0.2, -0.15) is 0 Å². The van der Waals surface area contributed by atoms with Crippen molar-refractivity contribution in [3.63, 3.8) is 0 Å². The highest BCUT2D eigenvalue weighted by atomic mass is 16.3. The Morgan fingerprint density at radius 2 is 2.33 bits per heavy atom. The summed E-state index contributed by atoms with van der Waals surface area (Å²) in [6.07, 6.45) is 1.67. The fourth-order valence-electron chi connectivity index (χ4n) is 0.812. The first-order valence-electron chi connectivity index (χ1n) is 4.11. The predicted molar refractivity (Wildman–Crippen MR) is 48.7 cm³/mol. The van der Waals surface area contributed by atoms with Crippen molar-refractivity contribution in [2.75, 3.05) is 6.54 Å². The van der Waals surface area contributed by atoms with Gasteiger partial charge in [-0.15, -0.1) is 0 Å². The van der Waals surface area contributed by atoms with Gasteiger partial charge in [-0.25, -0.2) is 0 Å². The molecule has 3 nitrogen and oxygen atoms in total. The first kappa shape index (κ1) is 9.29. The maximum absolute atomic E-state index is 5.55. The maximum atomic E-state index is 5.55. The number of hydrogen-bond donors (Lipinski definition) is 2. The summed E-state index contributed by atoms with van der Waals surface area (Å²) in [4.78, 5) is 0. The minimum Gasteiger partial charge on any atom is -0.468 e. The van der Waals surface area contributed by atoms with E-state index in [0.717, 1.165) is 12.3 Å². The summed E-state index contributed by atoms with van der Waals surface area (Å²) in [6.45, 7) is 5.48. The van der Waals surface area contributed by atoms with Gasteiger partial charge in [0.05, 0.1) is 12.8 Å². The molecule has 0 saturated carbocycles. The van der Waals surface area contributed by atoms with Gasteiger partial charge < -0.3 is 15.5 Å². The second kappa shape index (κ2) is 3.74. The van der Waals surface area contributed by atoms with Crippen LogP contribution in [0, 0.1) is 0 Å². The standard InChI is InChI=1S/C9H16N2O/c1-9(2,7-10)11-6-8-4-3-5-12-8/h3-5,11H,6-7,10H2,1-2H3. The van der Waals surface area contributed by atoms with E-state index in [9.17, 15) is 0 Å². The topological polar surface area (TPSA) is 51.2 Å². The van der Waals surface area contributed by atoms with Crippen LogP contribution in [-0.2, 0) is 6.54 Å². The molecule has 3 heteroatoms. The van der Waals surface area contributed by atoms with E-state index in [4.69, 9.17) is 10.2 Å². The van der Waals surface area contributed by atoms with Crippen molar-refractivity contribution >= 4 is 0 Å². The van der Waals surface area contributed by atoms with Crippen molar-refractivity contribution in [3.8, 4) is 0 Å². The fourth-order valence-corrected chi connectivity index (χ4v) is 0.812. The smallest absolute Gasteiger partial charge is 0.117 e. The molecule has 1 rings (SSSR count). The number of rotatable bonds is 4. The predicted octanol–water partition coefficient (Wildman–Crippen LogP) is 1.11. The Balaban J connectivity index is 2.36. The van der Waals surface area contributed by atoms with Gasteiger partial charge in [0.25, 0.3) is 0 Å². The number of furan rings is 1. The van der Waals surface area contributed by atoms with E-state index < -0.39 is 0 Å². The minimum atomic E-state index is -0.0210. The second-order valence-electron chi connectivity index (χ2n) is 3.52. The molecule has 0 atom stereocenters. The molecule has 12 heavy (non-hydrogen) atoms. The Bertz CT molecular complexity index is 216. The highest BCUT2D eigenvalue weighted by Gasteiger charge is 2.14. The molecule has 1 aromatic heterocycles. The van der Waals surface area contributed by atoms with Crippen molar-refractivity contribution in [3.05, 3.63) is 24.2 Å². The Kier molecular flexibility index (Phi) is 2.89. The second-order valence-corrected chi connectivity index (χ2v) is 3.52. The Morgan fingerprint density at radius 3 is 2.83 bits per heavy atom. The average molecular weight is 168 g/mol. The molecule has 0 saturated heterocycles. The van der Waals surface area contributed by atoms with Crippen LogP contribution in [0.25, 0.3) is 0 Å². The van der Waals surface area contributed by atoms with Crippen LogP contribution in [-0.4, -0.2) is 12.1 Å². The van der Waals surface area contributed by atoms with E-state index in [0.29, 0.717) is 6.54 Å². The molecule has 0 aromatic carbocycles. The lowest BCUT2D eigenvalue weighted by Crippen LogP contribution is -2.45. The largest absolute Gasteiger partial charge is 0.468 e. The van der Waals surface area contributed by atoms with Crippen LogP contribution < -0.4 is 11.1 Å². The van der Waals surface area contributed by atoms with Crippen LogP contribution in [0.2, 0.25) is 0 Å². The zero-order valence-corrected chi connectivity index (χ0v) is 7.63. The van der Waals surface area contributed by atoms with Gasteiger partial charge in [0.15, 0.2) is 0 Å². The summed E-state index contributed by atoms with van der Waals surface area (Å²) in [5.74, 6) is 0.941. The molecule has 3 N–H and O–H groups in total. The molecule has 0 aliphatic rings. The Hall–Kier alpha value is -0.800. The van der Waals surface area contributed by atoms with E-state index in [1.807, 2.05) is 12.1 Å². The molecule has 0 unspecified atom stereocenters. The van der Waals surface area contributed by atoms with Crippen LogP contribution in [0.3, 0.4) is 0 Å². The Labute approximate surface area is 72.9 Å². The summed E-state index contributed by atoms with van der Waals surface area (Å²) in [5.41, 5.74) is 5.53. The molecular weight excluding hydrogens is 152 g/mol. The lowest BCUT2D eigenvalue weighted by molar-refractivity contribution is 0.369. The third kappa shape index (κ3) is 2.68. The minimum absolute atomic E-state index is 0.0210. The molecule has 1 aromatic rings. The van der Waals surface area contributed by atoms with Crippen LogP contribution >= 0.6 is 0 Å².